The Morgan fingerprint density at radius 2 is 2.21 bits per heavy atom. The van der Waals surface area contributed by atoms with Crippen molar-refractivity contribution in [3.63, 3.8) is 0 Å². The Bertz CT molecular complexity index is 203. The SMILES string of the molecule is CCC1CCN(C(=O)C(N)C(C)C)C1. The fourth-order valence-electron chi connectivity index (χ4n) is 1.86. The Balaban J connectivity index is 2.47. The molecule has 3 heteroatoms. The summed E-state index contributed by atoms with van der Waals surface area (Å²) >= 11 is 0. The molecule has 1 fully saturated rings. The monoisotopic (exact) mass is 198 g/mol. The first-order valence-electron chi connectivity index (χ1n) is 5.60. The van der Waals surface area contributed by atoms with Crippen LogP contribution in [0.2, 0.25) is 0 Å². The highest BCUT2D eigenvalue weighted by atomic mass is 16.2. The summed E-state index contributed by atoms with van der Waals surface area (Å²) in [4.78, 5) is 13.8. The van der Waals surface area contributed by atoms with Gasteiger partial charge in [0.05, 0.1) is 6.04 Å². The highest BCUT2D eigenvalue weighted by molar-refractivity contribution is 5.82. The molecule has 0 bridgehead atoms. The van der Waals surface area contributed by atoms with Crippen molar-refractivity contribution in [1.29, 1.82) is 0 Å². The molecule has 3 nitrogen and oxygen atoms in total. The van der Waals surface area contributed by atoms with Gasteiger partial charge in [0.25, 0.3) is 0 Å². The second kappa shape index (κ2) is 4.78. The van der Waals surface area contributed by atoms with Gasteiger partial charge in [-0.2, -0.15) is 0 Å². The van der Waals surface area contributed by atoms with Gasteiger partial charge in [-0.1, -0.05) is 27.2 Å². The second-order valence-corrected chi connectivity index (χ2v) is 4.62. The van der Waals surface area contributed by atoms with Crippen molar-refractivity contribution in [2.75, 3.05) is 13.1 Å². The van der Waals surface area contributed by atoms with Crippen LogP contribution >= 0.6 is 0 Å². The third kappa shape index (κ3) is 2.47. The number of amides is 1. The maximum atomic E-state index is 11.8. The Kier molecular flexibility index (Phi) is 3.93. The van der Waals surface area contributed by atoms with Gasteiger partial charge in [-0.15, -0.1) is 0 Å². The predicted octanol–water partition coefficient (Wildman–Crippen LogP) is 1.23. The Hall–Kier alpha value is -0.570. The zero-order valence-corrected chi connectivity index (χ0v) is 9.49. The minimum atomic E-state index is -0.314. The lowest BCUT2D eigenvalue weighted by atomic mass is 10.0. The molecule has 0 radical (unpaired) electrons. The molecule has 1 heterocycles. The quantitative estimate of drug-likeness (QED) is 0.741. The van der Waals surface area contributed by atoms with E-state index in [0.29, 0.717) is 5.92 Å². The van der Waals surface area contributed by atoms with Gasteiger partial charge in [0, 0.05) is 13.1 Å². The van der Waals surface area contributed by atoms with Crippen molar-refractivity contribution in [3.05, 3.63) is 0 Å². The number of nitrogens with zero attached hydrogens (tertiary/aromatic N) is 1. The van der Waals surface area contributed by atoms with Crippen molar-refractivity contribution in [2.45, 2.75) is 39.7 Å². The van der Waals surface area contributed by atoms with E-state index in [2.05, 4.69) is 6.92 Å². The van der Waals surface area contributed by atoms with Gasteiger partial charge in [-0.05, 0) is 18.3 Å². The van der Waals surface area contributed by atoms with Crippen LogP contribution in [0, 0.1) is 11.8 Å². The van der Waals surface area contributed by atoms with Crippen LogP contribution in [0.3, 0.4) is 0 Å². The summed E-state index contributed by atoms with van der Waals surface area (Å²) in [5, 5.41) is 0. The molecule has 14 heavy (non-hydrogen) atoms. The highest BCUT2D eigenvalue weighted by Gasteiger charge is 2.29. The van der Waals surface area contributed by atoms with E-state index < -0.39 is 0 Å². The third-order valence-corrected chi connectivity index (χ3v) is 3.18. The molecule has 0 spiro atoms. The first-order valence-corrected chi connectivity index (χ1v) is 5.60. The average Bonchev–Trinajstić information content (AvgIpc) is 2.63. The van der Waals surface area contributed by atoms with Crippen LogP contribution in [0.1, 0.15) is 33.6 Å². The fourth-order valence-corrected chi connectivity index (χ4v) is 1.86. The smallest absolute Gasteiger partial charge is 0.239 e. The third-order valence-electron chi connectivity index (χ3n) is 3.18. The van der Waals surface area contributed by atoms with Crippen molar-refractivity contribution in [1.82, 2.24) is 4.90 Å². The predicted molar refractivity (Wildman–Crippen MR) is 57.8 cm³/mol. The molecule has 0 aromatic heterocycles. The van der Waals surface area contributed by atoms with Crippen LogP contribution in [0.5, 0.6) is 0 Å². The molecule has 1 rings (SSSR count). The van der Waals surface area contributed by atoms with Crippen molar-refractivity contribution in [3.8, 4) is 0 Å². The maximum Gasteiger partial charge on any atom is 0.239 e. The summed E-state index contributed by atoms with van der Waals surface area (Å²) in [5.74, 6) is 1.07. The summed E-state index contributed by atoms with van der Waals surface area (Å²) < 4.78 is 0. The summed E-state index contributed by atoms with van der Waals surface area (Å²) in [6, 6.07) is -0.314. The number of rotatable bonds is 3. The molecular formula is C11H22N2O. The molecule has 2 N–H and O–H groups in total. The van der Waals surface area contributed by atoms with E-state index in [1.807, 2.05) is 18.7 Å². The second-order valence-electron chi connectivity index (χ2n) is 4.62. The summed E-state index contributed by atoms with van der Waals surface area (Å²) in [7, 11) is 0. The zero-order chi connectivity index (χ0) is 10.7. The minimum absolute atomic E-state index is 0.135. The lowest BCUT2D eigenvalue weighted by molar-refractivity contribution is -0.132. The van der Waals surface area contributed by atoms with Gasteiger partial charge < -0.3 is 10.6 Å². The Morgan fingerprint density at radius 1 is 1.57 bits per heavy atom. The van der Waals surface area contributed by atoms with Crippen LogP contribution in [0.4, 0.5) is 0 Å². The van der Waals surface area contributed by atoms with Gasteiger partial charge >= 0.3 is 0 Å². The molecule has 2 unspecified atom stereocenters. The van der Waals surface area contributed by atoms with E-state index in [1.54, 1.807) is 0 Å². The topological polar surface area (TPSA) is 46.3 Å². The van der Waals surface area contributed by atoms with Crippen molar-refractivity contribution in [2.24, 2.45) is 17.6 Å². The number of hydrogen-bond acceptors (Lipinski definition) is 2. The van der Waals surface area contributed by atoms with Gasteiger partial charge in [0.2, 0.25) is 5.91 Å². The number of hydrogen-bond donors (Lipinski definition) is 1. The first-order chi connectivity index (χ1) is 6.56. The first kappa shape index (κ1) is 11.5. The highest BCUT2D eigenvalue weighted by Crippen LogP contribution is 2.20. The van der Waals surface area contributed by atoms with E-state index in [9.17, 15) is 4.79 Å². The lowest BCUT2D eigenvalue weighted by Gasteiger charge is -2.22. The zero-order valence-electron chi connectivity index (χ0n) is 9.49. The molecule has 1 saturated heterocycles. The summed E-state index contributed by atoms with van der Waals surface area (Å²) in [6.07, 6.45) is 2.31. The molecule has 0 aromatic carbocycles. The largest absolute Gasteiger partial charge is 0.341 e. The summed E-state index contributed by atoms with van der Waals surface area (Å²) in [6.45, 7) is 7.99. The van der Waals surface area contributed by atoms with Gasteiger partial charge in [0.15, 0.2) is 0 Å². The number of likely N-dealkylation sites (tertiary alicyclic amines) is 1. The molecular weight excluding hydrogens is 176 g/mol. The molecule has 0 aliphatic carbocycles. The maximum absolute atomic E-state index is 11.8. The molecule has 0 aromatic rings. The Labute approximate surface area is 86.6 Å². The molecule has 1 amide bonds. The van der Waals surface area contributed by atoms with Gasteiger partial charge in [0.1, 0.15) is 0 Å². The number of nitrogens with two attached hydrogens (primary N) is 1. The average molecular weight is 198 g/mol. The normalized spacial score (nSPS) is 24.4. The van der Waals surface area contributed by atoms with E-state index in [1.165, 1.54) is 6.42 Å². The van der Waals surface area contributed by atoms with E-state index in [0.717, 1.165) is 19.5 Å². The summed E-state index contributed by atoms with van der Waals surface area (Å²) in [5.41, 5.74) is 5.84. The molecule has 2 atom stereocenters. The molecule has 0 saturated carbocycles. The Morgan fingerprint density at radius 3 is 2.64 bits per heavy atom. The van der Waals surface area contributed by atoms with Crippen molar-refractivity contribution >= 4 is 5.91 Å². The number of carbonyl (C=O) groups is 1. The van der Waals surface area contributed by atoms with E-state index >= 15 is 0 Å². The van der Waals surface area contributed by atoms with Crippen molar-refractivity contribution < 1.29 is 4.79 Å². The van der Waals surface area contributed by atoms with Crippen LogP contribution in [-0.2, 0) is 4.79 Å². The molecule has 1 aliphatic heterocycles. The van der Waals surface area contributed by atoms with Gasteiger partial charge in [-0.25, -0.2) is 0 Å². The molecule has 82 valence electrons. The van der Waals surface area contributed by atoms with Crippen LogP contribution < -0.4 is 5.73 Å². The molecule has 1 aliphatic rings. The fraction of sp³-hybridized carbons (Fsp3) is 0.909. The lowest BCUT2D eigenvalue weighted by Crippen LogP contribution is -2.45. The standard InChI is InChI=1S/C11H22N2O/c1-4-9-5-6-13(7-9)11(14)10(12)8(2)3/h8-10H,4-7,12H2,1-3H3. The van der Waals surface area contributed by atoms with E-state index in [-0.39, 0.29) is 17.9 Å². The van der Waals surface area contributed by atoms with E-state index in [4.69, 9.17) is 5.73 Å². The van der Waals surface area contributed by atoms with Gasteiger partial charge in [-0.3, -0.25) is 4.79 Å². The van der Waals surface area contributed by atoms with Crippen LogP contribution in [-0.4, -0.2) is 29.9 Å². The van der Waals surface area contributed by atoms with Crippen LogP contribution in [0.25, 0.3) is 0 Å². The number of carbonyl (C=O) groups excluding carboxylic acids is 1. The minimum Gasteiger partial charge on any atom is -0.341 e. The van der Waals surface area contributed by atoms with Crippen LogP contribution in [0.15, 0.2) is 0 Å².